The van der Waals surface area contributed by atoms with Gasteiger partial charge in [-0.2, -0.15) is 0 Å². The second kappa shape index (κ2) is 3.92. The van der Waals surface area contributed by atoms with E-state index in [-0.39, 0.29) is 23.5 Å². The summed E-state index contributed by atoms with van der Waals surface area (Å²) in [5.41, 5.74) is 1.40. The molecule has 0 aromatic rings. The number of hydrogen-bond donors (Lipinski definition) is 1. The van der Waals surface area contributed by atoms with Crippen LogP contribution in [0, 0.1) is 17.8 Å². The predicted octanol–water partition coefficient (Wildman–Crippen LogP) is 1.76. The van der Waals surface area contributed by atoms with Gasteiger partial charge in [0, 0.05) is 30.3 Å². The summed E-state index contributed by atoms with van der Waals surface area (Å²) in [6, 6.07) is 0. The number of carbonyl (C=O) groups is 1. The van der Waals surface area contributed by atoms with E-state index in [2.05, 4.69) is 17.9 Å². The quantitative estimate of drug-likeness (QED) is 0.675. The molecule has 1 saturated carbocycles. The third-order valence-electron chi connectivity index (χ3n) is 6.15. The van der Waals surface area contributed by atoms with Crippen molar-refractivity contribution >= 4 is 5.78 Å². The number of aliphatic hydroxyl groups excluding tert-OH is 1. The lowest BCUT2D eigenvalue weighted by Gasteiger charge is -2.65. The van der Waals surface area contributed by atoms with E-state index < -0.39 is 0 Å². The summed E-state index contributed by atoms with van der Waals surface area (Å²) < 4.78 is 0. The molecule has 0 aromatic heterocycles. The Morgan fingerprint density at radius 3 is 3.05 bits per heavy atom. The maximum Gasteiger partial charge on any atom is 0.138 e. The monoisotopic (exact) mass is 261 g/mol. The second-order valence-electron chi connectivity index (χ2n) is 7.08. The molecular weight excluding hydrogens is 238 g/mol. The first-order valence-corrected chi connectivity index (χ1v) is 7.76. The van der Waals surface area contributed by atoms with Gasteiger partial charge in [0.25, 0.3) is 0 Å². The summed E-state index contributed by atoms with van der Waals surface area (Å²) in [6.45, 7) is 4.30. The van der Waals surface area contributed by atoms with Crippen molar-refractivity contribution in [2.75, 3.05) is 13.1 Å². The van der Waals surface area contributed by atoms with E-state index in [9.17, 15) is 9.90 Å². The van der Waals surface area contributed by atoms with E-state index in [0.717, 1.165) is 38.8 Å². The molecule has 0 unspecified atom stereocenters. The number of hydrogen-bond acceptors (Lipinski definition) is 3. The van der Waals surface area contributed by atoms with E-state index in [1.165, 1.54) is 5.57 Å². The van der Waals surface area contributed by atoms with E-state index in [4.69, 9.17) is 0 Å². The minimum Gasteiger partial charge on any atom is -0.393 e. The molecule has 2 saturated heterocycles. The number of allylic oxidation sites excluding steroid dienone is 1. The van der Waals surface area contributed by atoms with Crippen molar-refractivity contribution in [1.82, 2.24) is 4.90 Å². The summed E-state index contributed by atoms with van der Waals surface area (Å²) >= 11 is 0. The highest BCUT2D eigenvalue weighted by Crippen LogP contribution is 2.57. The number of ketones is 1. The summed E-state index contributed by atoms with van der Waals surface area (Å²) in [5, 5.41) is 10.6. The zero-order chi connectivity index (χ0) is 13.2. The number of piperidine rings is 2. The molecule has 1 spiro atoms. The summed E-state index contributed by atoms with van der Waals surface area (Å²) in [7, 11) is 0. The van der Waals surface area contributed by atoms with Gasteiger partial charge in [0.1, 0.15) is 5.78 Å². The fourth-order valence-electron chi connectivity index (χ4n) is 5.71. The number of carbonyl (C=O) groups excluding carboxylic acids is 1. The van der Waals surface area contributed by atoms with Crippen molar-refractivity contribution in [2.45, 2.75) is 50.7 Å². The molecule has 4 rings (SSSR count). The van der Waals surface area contributed by atoms with Crippen molar-refractivity contribution in [2.24, 2.45) is 17.8 Å². The van der Waals surface area contributed by atoms with Crippen LogP contribution in [-0.2, 0) is 4.79 Å². The summed E-state index contributed by atoms with van der Waals surface area (Å²) in [5.74, 6) is 1.23. The van der Waals surface area contributed by atoms with Gasteiger partial charge in [0.05, 0.1) is 6.10 Å². The van der Waals surface area contributed by atoms with Gasteiger partial charge in [0.15, 0.2) is 0 Å². The number of aliphatic hydroxyl groups is 1. The summed E-state index contributed by atoms with van der Waals surface area (Å²) in [4.78, 5) is 15.1. The maximum absolute atomic E-state index is 12.5. The Kier molecular flexibility index (Phi) is 2.50. The topological polar surface area (TPSA) is 40.5 Å². The van der Waals surface area contributed by atoms with E-state index >= 15 is 0 Å². The third kappa shape index (κ3) is 1.43. The van der Waals surface area contributed by atoms with Gasteiger partial charge in [-0.1, -0.05) is 11.6 Å². The average Bonchev–Trinajstić information content (AvgIpc) is 2.35. The van der Waals surface area contributed by atoms with Gasteiger partial charge in [-0.3, -0.25) is 9.69 Å². The Hall–Kier alpha value is -0.670. The fourth-order valence-corrected chi connectivity index (χ4v) is 5.71. The molecular formula is C16H23NO2. The molecule has 0 radical (unpaired) electrons. The van der Waals surface area contributed by atoms with E-state index in [1.54, 1.807) is 0 Å². The average molecular weight is 261 g/mol. The SMILES string of the molecule is CC1=C[C@@H]2CC(=O)[C@H]3CCCN4CC[C@H](O)[C@H]2[C@]34C1. The molecule has 3 nitrogen and oxygen atoms in total. The van der Waals surface area contributed by atoms with Crippen LogP contribution in [-0.4, -0.2) is 40.5 Å². The van der Waals surface area contributed by atoms with Crippen molar-refractivity contribution in [3.8, 4) is 0 Å². The van der Waals surface area contributed by atoms with Crippen molar-refractivity contribution in [3.63, 3.8) is 0 Å². The predicted molar refractivity (Wildman–Crippen MR) is 72.6 cm³/mol. The number of rotatable bonds is 0. The first-order valence-electron chi connectivity index (χ1n) is 7.76. The Morgan fingerprint density at radius 2 is 2.21 bits per heavy atom. The molecule has 2 bridgehead atoms. The van der Waals surface area contributed by atoms with Gasteiger partial charge in [-0.25, -0.2) is 0 Å². The third-order valence-corrected chi connectivity index (χ3v) is 6.15. The van der Waals surface area contributed by atoms with Crippen LogP contribution < -0.4 is 0 Å². The van der Waals surface area contributed by atoms with Crippen molar-refractivity contribution in [3.05, 3.63) is 11.6 Å². The van der Waals surface area contributed by atoms with Crippen LogP contribution in [0.25, 0.3) is 0 Å². The molecule has 2 aliphatic carbocycles. The zero-order valence-electron chi connectivity index (χ0n) is 11.6. The van der Waals surface area contributed by atoms with Gasteiger partial charge in [-0.15, -0.1) is 0 Å². The molecule has 3 heteroatoms. The minimum atomic E-state index is -0.209. The van der Waals surface area contributed by atoms with Crippen LogP contribution >= 0.6 is 0 Å². The van der Waals surface area contributed by atoms with Gasteiger partial charge in [-0.05, 0) is 45.1 Å². The lowest BCUT2D eigenvalue weighted by molar-refractivity contribution is -0.175. The first-order chi connectivity index (χ1) is 9.13. The van der Waals surface area contributed by atoms with Crippen LogP contribution in [0.5, 0.6) is 0 Å². The van der Waals surface area contributed by atoms with Crippen LogP contribution in [0.15, 0.2) is 11.6 Å². The van der Waals surface area contributed by atoms with E-state index in [0.29, 0.717) is 18.1 Å². The van der Waals surface area contributed by atoms with Crippen molar-refractivity contribution in [1.29, 1.82) is 0 Å². The van der Waals surface area contributed by atoms with E-state index in [1.807, 2.05) is 0 Å². The lowest BCUT2D eigenvalue weighted by Crippen LogP contribution is -2.73. The first kappa shape index (κ1) is 12.1. The molecule has 1 N–H and O–H groups in total. The number of Topliss-reactive ketones (excluding diaryl/α,β-unsaturated/α-hetero) is 1. The molecule has 4 aliphatic rings. The minimum absolute atomic E-state index is 0.0330. The Labute approximate surface area is 114 Å². The summed E-state index contributed by atoms with van der Waals surface area (Å²) in [6.07, 6.45) is 6.81. The van der Waals surface area contributed by atoms with Gasteiger partial charge >= 0.3 is 0 Å². The molecule has 3 fully saturated rings. The Bertz CT molecular complexity index is 458. The standard InChI is InChI=1S/C16H23NO2/c1-10-7-11-8-14(19)12-3-2-5-17-6-4-13(18)15(11)16(12,17)9-10/h7,11-13,15,18H,2-6,8-9H2,1H3/t11-,12-,13+,15+,16+/m1/s1. The fraction of sp³-hybridized carbons (Fsp3) is 0.812. The molecule has 2 aliphatic heterocycles. The van der Waals surface area contributed by atoms with Crippen LogP contribution in [0.1, 0.15) is 39.0 Å². The van der Waals surface area contributed by atoms with Crippen LogP contribution in [0.3, 0.4) is 0 Å². The highest BCUT2D eigenvalue weighted by Gasteiger charge is 2.63. The number of nitrogens with zero attached hydrogens (tertiary/aromatic N) is 1. The normalized spacial score (nSPS) is 49.6. The molecule has 2 heterocycles. The molecule has 19 heavy (non-hydrogen) atoms. The smallest absolute Gasteiger partial charge is 0.138 e. The lowest BCUT2D eigenvalue weighted by atomic mass is 9.50. The van der Waals surface area contributed by atoms with Gasteiger partial charge in [0.2, 0.25) is 0 Å². The zero-order valence-corrected chi connectivity index (χ0v) is 11.6. The Morgan fingerprint density at radius 1 is 1.37 bits per heavy atom. The second-order valence-corrected chi connectivity index (χ2v) is 7.08. The van der Waals surface area contributed by atoms with Crippen LogP contribution in [0.4, 0.5) is 0 Å². The van der Waals surface area contributed by atoms with Crippen molar-refractivity contribution < 1.29 is 9.90 Å². The molecule has 0 aromatic carbocycles. The Balaban J connectivity index is 1.89. The maximum atomic E-state index is 12.5. The van der Waals surface area contributed by atoms with Crippen LogP contribution in [0.2, 0.25) is 0 Å². The largest absolute Gasteiger partial charge is 0.393 e. The van der Waals surface area contributed by atoms with Gasteiger partial charge < -0.3 is 5.11 Å². The highest BCUT2D eigenvalue weighted by atomic mass is 16.3. The molecule has 0 amide bonds. The highest BCUT2D eigenvalue weighted by molar-refractivity contribution is 5.85. The molecule has 104 valence electrons. The molecule has 5 atom stereocenters.